The van der Waals surface area contributed by atoms with E-state index in [0.29, 0.717) is 5.02 Å². The van der Waals surface area contributed by atoms with Crippen LogP contribution in [-0.4, -0.2) is 24.2 Å². The van der Waals surface area contributed by atoms with Crippen LogP contribution < -0.4 is 10.1 Å². The molecule has 0 saturated carbocycles. The van der Waals surface area contributed by atoms with Crippen LogP contribution in [-0.2, 0) is 0 Å². The van der Waals surface area contributed by atoms with Gasteiger partial charge in [0.05, 0.1) is 0 Å². The highest BCUT2D eigenvalue weighted by Gasteiger charge is 2.18. The fourth-order valence-corrected chi connectivity index (χ4v) is 1.15. The van der Waals surface area contributed by atoms with E-state index in [1.807, 2.05) is 0 Å². The molecule has 0 atom stereocenters. The highest BCUT2D eigenvalue weighted by Crippen LogP contribution is 2.23. The summed E-state index contributed by atoms with van der Waals surface area (Å²) >= 11 is 5.84. The first-order valence-corrected chi connectivity index (χ1v) is 4.21. The van der Waals surface area contributed by atoms with Crippen LogP contribution in [0.25, 0.3) is 0 Å². The van der Waals surface area contributed by atoms with Crippen molar-refractivity contribution in [3.05, 3.63) is 23.5 Å². The van der Waals surface area contributed by atoms with Gasteiger partial charge in [0, 0.05) is 31.5 Å². The average molecular weight is 185 g/mol. The zero-order chi connectivity index (χ0) is 8.39. The average Bonchev–Trinajstić information content (AvgIpc) is 2.00. The Kier molecular flexibility index (Phi) is 2.15. The minimum absolute atomic E-state index is 0.268. The van der Waals surface area contributed by atoms with Gasteiger partial charge in [-0.1, -0.05) is 11.6 Å². The van der Waals surface area contributed by atoms with E-state index in [9.17, 15) is 0 Å². The number of nitrogens with zero attached hydrogens (tertiary/aromatic N) is 1. The van der Waals surface area contributed by atoms with Crippen molar-refractivity contribution >= 4 is 11.6 Å². The molecule has 0 bridgehead atoms. The molecule has 1 aromatic heterocycles. The van der Waals surface area contributed by atoms with E-state index in [0.717, 1.165) is 18.8 Å². The van der Waals surface area contributed by atoms with E-state index in [-0.39, 0.29) is 6.10 Å². The molecular weight excluding hydrogens is 176 g/mol. The van der Waals surface area contributed by atoms with Gasteiger partial charge in [-0.15, -0.1) is 0 Å². The maximum absolute atomic E-state index is 5.84. The molecule has 1 aromatic rings. The molecule has 1 fully saturated rings. The maximum atomic E-state index is 5.84. The molecule has 4 heteroatoms. The minimum Gasteiger partial charge on any atom is -0.486 e. The molecular formula is C8H9ClN2O. The molecule has 1 aliphatic rings. The molecule has 0 aromatic carbocycles. The predicted molar refractivity (Wildman–Crippen MR) is 46.5 cm³/mol. The predicted octanol–water partition coefficient (Wildman–Crippen LogP) is 1.09. The molecule has 1 aliphatic heterocycles. The number of halogens is 1. The number of pyridine rings is 1. The summed E-state index contributed by atoms with van der Waals surface area (Å²) in [6.07, 6.45) is 3.53. The summed E-state index contributed by atoms with van der Waals surface area (Å²) in [7, 11) is 0. The van der Waals surface area contributed by atoms with Crippen LogP contribution in [0.4, 0.5) is 0 Å². The van der Waals surface area contributed by atoms with E-state index >= 15 is 0 Å². The lowest BCUT2D eigenvalue weighted by molar-refractivity contribution is 0.142. The van der Waals surface area contributed by atoms with Crippen molar-refractivity contribution in [3.8, 4) is 5.75 Å². The molecule has 2 rings (SSSR count). The Bertz CT molecular complexity index is 276. The van der Waals surface area contributed by atoms with E-state index in [1.165, 1.54) is 0 Å². The molecule has 0 unspecified atom stereocenters. The van der Waals surface area contributed by atoms with Gasteiger partial charge in [-0.05, 0) is 0 Å². The number of nitrogens with one attached hydrogen (secondary N) is 1. The zero-order valence-corrected chi connectivity index (χ0v) is 7.21. The Morgan fingerprint density at radius 3 is 3.00 bits per heavy atom. The summed E-state index contributed by atoms with van der Waals surface area (Å²) in [5, 5.41) is 3.69. The summed E-state index contributed by atoms with van der Waals surface area (Å²) in [4.78, 5) is 3.87. The van der Waals surface area contributed by atoms with Crippen molar-refractivity contribution in [2.45, 2.75) is 6.10 Å². The molecule has 0 amide bonds. The molecule has 12 heavy (non-hydrogen) atoms. The molecule has 2 heterocycles. The first-order chi connectivity index (χ1) is 5.86. The zero-order valence-electron chi connectivity index (χ0n) is 6.46. The minimum atomic E-state index is 0.268. The first-order valence-electron chi connectivity index (χ1n) is 3.83. The summed E-state index contributed by atoms with van der Waals surface area (Å²) in [5.74, 6) is 0.721. The number of hydrogen-bond donors (Lipinski definition) is 1. The quantitative estimate of drug-likeness (QED) is 0.747. The van der Waals surface area contributed by atoms with Gasteiger partial charge in [0.15, 0.2) is 0 Å². The monoisotopic (exact) mass is 184 g/mol. The topological polar surface area (TPSA) is 34.1 Å². The van der Waals surface area contributed by atoms with Gasteiger partial charge in [0.1, 0.15) is 16.9 Å². The Morgan fingerprint density at radius 2 is 2.42 bits per heavy atom. The van der Waals surface area contributed by atoms with Crippen LogP contribution in [0.5, 0.6) is 5.75 Å². The van der Waals surface area contributed by atoms with Crippen molar-refractivity contribution in [1.29, 1.82) is 0 Å². The van der Waals surface area contributed by atoms with Crippen molar-refractivity contribution < 1.29 is 4.74 Å². The Hall–Kier alpha value is -0.800. The second-order valence-electron chi connectivity index (χ2n) is 2.70. The van der Waals surface area contributed by atoms with Crippen molar-refractivity contribution in [3.63, 3.8) is 0 Å². The lowest BCUT2D eigenvalue weighted by Gasteiger charge is -2.27. The third kappa shape index (κ3) is 1.52. The van der Waals surface area contributed by atoms with Gasteiger partial charge in [-0.3, -0.25) is 4.98 Å². The lowest BCUT2D eigenvalue weighted by atomic mass is 10.2. The molecule has 64 valence electrons. The molecule has 0 spiro atoms. The summed E-state index contributed by atoms with van der Waals surface area (Å²) in [5.41, 5.74) is 0. The molecule has 3 nitrogen and oxygen atoms in total. The van der Waals surface area contributed by atoms with Gasteiger partial charge in [0.25, 0.3) is 0 Å². The maximum Gasteiger partial charge on any atom is 0.141 e. The second-order valence-corrected chi connectivity index (χ2v) is 3.11. The van der Waals surface area contributed by atoms with Crippen molar-refractivity contribution in [1.82, 2.24) is 10.3 Å². The fraction of sp³-hybridized carbons (Fsp3) is 0.375. The van der Waals surface area contributed by atoms with Gasteiger partial charge in [-0.2, -0.15) is 0 Å². The standard InChI is InChI=1S/C8H9ClN2O/c9-7-5-10-2-1-8(7)12-6-3-11-4-6/h1-2,5-6,11H,3-4H2. The largest absolute Gasteiger partial charge is 0.486 e. The van der Waals surface area contributed by atoms with E-state index in [1.54, 1.807) is 18.5 Å². The number of aromatic nitrogens is 1. The SMILES string of the molecule is Clc1cnccc1OC1CNC1. The lowest BCUT2D eigenvalue weighted by Crippen LogP contribution is -2.50. The van der Waals surface area contributed by atoms with Crippen LogP contribution in [0, 0.1) is 0 Å². The van der Waals surface area contributed by atoms with E-state index in [2.05, 4.69) is 10.3 Å². The van der Waals surface area contributed by atoms with Gasteiger partial charge < -0.3 is 10.1 Å². The van der Waals surface area contributed by atoms with Crippen LogP contribution in [0.1, 0.15) is 0 Å². The second kappa shape index (κ2) is 3.29. The van der Waals surface area contributed by atoms with Crippen LogP contribution in [0.2, 0.25) is 5.02 Å². The molecule has 0 aliphatic carbocycles. The third-order valence-corrected chi connectivity index (χ3v) is 2.06. The third-order valence-electron chi connectivity index (χ3n) is 1.77. The highest BCUT2D eigenvalue weighted by molar-refractivity contribution is 6.31. The summed E-state index contributed by atoms with van der Waals surface area (Å²) in [6, 6.07) is 1.78. The van der Waals surface area contributed by atoms with E-state index in [4.69, 9.17) is 16.3 Å². The van der Waals surface area contributed by atoms with E-state index < -0.39 is 0 Å². The van der Waals surface area contributed by atoms with Gasteiger partial charge in [-0.25, -0.2) is 0 Å². The Balaban J connectivity index is 2.06. The van der Waals surface area contributed by atoms with Gasteiger partial charge >= 0.3 is 0 Å². The number of rotatable bonds is 2. The fourth-order valence-electron chi connectivity index (χ4n) is 0.983. The Labute approximate surface area is 75.7 Å². The number of ether oxygens (including phenoxy) is 1. The van der Waals surface area contributed by atoms with Crippen molar-refractivity contribution in [2.75, 3.05) is 13.1 Å². The molecule has 0 radical (unpaired) electrons. The van der Waals surface area contributed by atoms with Crippen LogP contribution in [0.15, 0.2) is 18.5 Å². The van der Waals surface area contributed by atoms with Gasteiger partial charge in [0.2, 0.25) is 0 Å². The summed E-state index contributed by atoms with van der Waals surface area (Å²) in [6.45, 7) is 1.80. The Morgan fingerprint density at radius 1 is 1.58 bits per heavy atom. The first kappa shape index (κ1) is 7.83. The van der Waals surface area contributed by atoms with Crippen LogP contribution >= 0.6 is 11.6 Å². The van der Waals surface area contributed by atoms with Crippen LogP contribution in [0.3, 0.4) is 0 Å². The molecule has 1 saturated heterocycles. The van der Waals surface area contributed by atoms with Crippen molar-refractivity contribution in [2.24, 2.45) is 0 Å². The summed E-state index contributed by atoms with van der Waals surface area (Å²) < 4.78 is 5.55. The molecule has 1 N–H and O–H groups in total. The number of hydrogen-bond acceptors (Lipinski definition) is 3. The normalized spacial score (nSPS) is 17.1. The smallest absolute Gasteiger partial charge is 0.141 e. The highest BCUT2D eigenvalue weighted by atomic mass is 35.5.